The SMILES string of the molecule is COOCCC[C@H]1NCCN(CC(=O)OC(C)(C)C)C1=O. The average molecular weight is 302 g/mol. The number of piperazine rings is 1. The highest BCUT2D eigenvalue weighted by molar-refractivity contribution is 5.86. The van der Waals surface area contributed by atoms with E-state index in [9.17, 15) is 9.59 Å². The summed E-state index contributed by atoms with van der Waals surface area (Å²) in [6, 6.07) is -0.276. The molecule has 0 bridgehead atoms. The molecular formula is C14H26N2O5. The van der Waals surface area contributed by atoms with E-state index in [-0.39, 0.29) is 24.5 Å². The number of carbonyl (C=O) groups is 2. The zero-order chi connectivity index (χ0) is 15.9. The van der Waals surface area contributed by atoms with Crippen LogP contribution < -0.4 is 5.32 Å². The summed E-state index contributed by atoms with van der Waals surface area (Å²) in [6.45, 7) is 7.06. The number of carbonyl (C=O) groups excluding carboxylic acids is 2. The summed E-state index contributed by atoms with van der Waals surface area (Å²) in [6.07, 6.45) is 1.35. The van der Waals surface area contributed by atoms with Crippen molar-refractivity contribution < 1.29 is 24.1 Å². The Bertz CT molecular complexity index is 354. The molecule has 0 saturated carbocycles. The lowest BCUT2D eigenvalue weighted by atomic mass is 10.1. The zero-order valence-corrected chi connectivity index (χ0v) is 13.3. The second-order valence-electron chi connectivity index (χ2n) is 5.98. The van der Waals surface area contributed by atoms with Crippen LogP contribution in [0.2, 0.25) is 0 Å². The second-order valence-corrected chi connectivity index (χ2v) is 5.98. The van der Waals surface area contributed by atoms with Gasteiger partial charge in [0.05, 0.1) is 19.8 Å². The first-order valence-electron chi connectivity index (χ1n) is 7.23. The fourth-order valence-electron chi connectivity index (χ4n) is 2.13. The van der Waals surface area contributed by atoms with Crippen molar-refractivity contribution in [3.63, 3.8) is 0 Å². The van der Waals surface area contributed by atoms with E-state index in [0.29, 0.717) is 32.5 Å². The maximum Gasteiger partial charge on any atom is 0.326 e. The van der Waals surface area contributed by atoms with Crippen molar-refractivity contribution in [2.45, 2.75) is 45.3 Å². The molecule has 0 aromatic rings. The molecule has 21 heavy (non-hydrogen) atoms. The van der Waals surface area contributed by atoms with Crippen molar-refractivity contribution in [1.82, 2.24) is 10.2 Å². The van der Waals surface area contributed by atoms with Crippen LogP contribution in [0, 0.1) is 0 Å². The minimum atomic E-state index is -0.537. The second kappa shape index (κ2) is 8.31. The first kappa shape index (κ1) is 17.9. The van der Waals surface area contributed by atoms with Gasteiger partial charge in [0.25, 0.3) is 0 Å². The van der Waals surface area contributed by atoms with E-state index in [0.717, 1.165) is 0 Å². The van der Waals surface area contributed by atoms with Crippen molar-refractivity contribution in [1.29, 1.82) is 0 Å². The Kier molecular flexibility index (Phi) is 7.07. The third-order valence-electron chi connectivity index (χ3n) is 2.96. The lowest BCUT2D eigenvalue weighted by Gasteiger charge is -2.33. The molecule has 1 aliphatic heterocycles. The van der Waals surface area contributed by atoms with Crippen molar-refractivity contribution in [2.75, 3.05) is 33.4 Å². The standard InChI is InChI=1S/C14H26N2O5/c1-14(2,3)21-12(17)10-16-8-7-15-11(13(16)18)6-5-9-20-19-4/h11,15H,5-10H2,1-4H3/t11-/m1/s1. The smallest absolute Gasteiger partial charge is 0.326 e. The molecule has 1 N–H and O–H groups in total. The van der Waals surface area contributed by atoms with Crippen LogP contribution in [0.5, 0.6) is 0 Å². The largest absolute Gasteiger partial charge is 0.459 e. The van der Waals surface area contributed by atoms with Gasteiger partial charge in [0.2, 0.25) is 5.91 Å². The molecule has 0 spiro atoms. The van der Waals surface area contributed by atoms with Gasteiger partial charge < -0.3 is 15.0 Å². The molecule has 1 atom stereocenters. The Morgan fingerprint density at radius 1 is 1.43 bits per heavy atom. The molecule has 0 radical (unpaired) electrons. The van der Waals surface area contributed by atoms with E-state index in [1.807, 2.05) is 20.8 Å². The number of hydrogen-bond acceptors (Lipinski definition) is 6. The summed E-state index contributed by atoms with van der Waals surface area (Å²) in [4.78, 5) is 34.9. The molecular weight excluding hydrogens is 276 g/mol. The molecule has 1 rings (SSSR count). The summed E-state index contributed by atoms with van der Waals surface area (Å²) in [7, 11) is 1.45. The summed E-state index contributed by atoms with van der Waals surface area (Å²) in [5, 5.41) is 3.16. The highest BCUT2D eigenvalue weighted by Gasteiger charge is 2.30. The van der Waals surface area contributed by atoms with Gasteiger partial charge in [-0.2, -0.15) is 0 Å². The molecule has 1 heterocycles. The predicted molar refractivity (Wildman–Crippen MR) is 76.4 cm³/mol. The summed E-state index contributed by atoms with van der Waals surface area (Å²) < 4.78 is 5.25. The molecule has 7 heteroatoms. The van der Waals surface area contributed by atoms with Gasteiger partial charge in [0.15, 0.2) is 0 Å². The van der Waals surface area contributed by atoms with Crippen LogP contribution >= 0.6 is 0 Å². The van der Waals surface area contributed by atoms with Crippen molar-refractivity contribution in [3.05, 3.63) is 0 Å². The Labute approximate surface area is 125 Å². The van der Waals surface area contributed by atoms with Crippen LogP contribution in [-0.4, -0.2) is 61.8 Å². The summed E-state index contributed by atoms with van der Waals surface area (Å²) >= 11 is 0. The quantitative estimate of drug-likeness (QED) is 0.319. The zero-order valence-electron chi connectivity index (χ0n) is 13.3. The minimum Gasteiger partial charge on any atom is -0.459 e. The maximum atomic E-state index is 12.3. The van der Waals surface area contributed by atoms with E-state index in [2.05, 4.69) is 10.2 Å². The summed E-state index contributed by atoms with van der Waals surface area (Å²) in [5.74, 6) is -0.441. The third kappa shape index (κ3) is 6.88. The van der Waals surface area contributed by atoms with Gasteiger partial charge in [-0.3, -0.25) is 9.59 Å². The van der Waals surface area contributed by atoms with E-state index >= 15 is 0 Å². The normalized spacial score (nSPS) is 19.7. The van der Waals surface area contributed by atoms with Crippen LogP contribution in [0.25, 0.3) is 0 Å². The third-order valence-corrected chi connectivity index (χ3v) is 2.96. The van der Waals surface area contributed by atoms with E-state index in [1.165, 1.54) is 7.11 Å². The number of amides is 1. The van der Waals surface area contributed by atoms with Gasteiger partial charge in [-0.1, -0.05) is 0 Å². The fourth-order valence-corrected chi connectivity index (χ4v) is 2.13. The van der Waals surface area contributed by atoms with E-state index in [4.69, 9.17) is 9.62 Å². The number of ether oxygens (including phenoxy) is 1. The lowest BCUT2D eigenvalue weighted by Crippen LogP contribution is -2.56. The van der Waals surface area contributed by atoms with Gasteiger partial charge in [-0.05, 0) is 33.6 Å². The van der Waals surface area contributed by atoms with Crippen LogP contribution in [0.3, 0.4) is 0 Å². The summed E-state index contributed by atoms with van der Waals surface area (Å²) in [5.41, 5.74) is -0.537. The van der Waals surface area contributed by atoms with Gasteiger partial charge in [0.1, 0.15) is 12.1 Å². The van der Waals surface area contributed by atoms with E-state index in [1.54, 1.807) is 4.90 Å². The molecule has 1 amide bonds. The first-order chi connectivity index (χ1) is 9.83. The minimum absolute atomic E-state index is 0.00283. The molecule has 1 saturated heterocycles. The van der Waals surface area contributed by atoms with Crippen LogP contribution in [0.4, 0.5) is 0 Å². The first-order valence-corrected chi connectivity index (χ1v) is 7.23. The van der Waals surface area contributed by atoms with Gasteiger partial charge in [0, 0.05) is 13.1 Å². The highest BCUT2D eigenvalue weighted by Crippen LogP contribution is 2.11. The van der Waals surface area contributed by atoms with Crippen LogP contribution in [0.15, 0.2) is 0 Å². The molecule has 122 valence electrons. The van der Waals surface area contributed by atoms with Gasteiger partial charge >= 0.3 is 5.97 Å². The number of nitrogens with zero attached hydrogens (tertiary/aromatic N) is 1. The van der Waals surface area contributed by atoms with Crippen LogP contribution in [-0.2, 0) is 24.1 Å². The Morgan fingerprint density at radius 3 is 2.76 bits per heavy atom. The molecule has 0 aliphatic carbocycles. The van der Waals surface area contributed by atoms with Crippen molar-refractivity contribution >= 4 is 11.9 Å². The molecule has 1 aliphatic rings. The Morgan fingerprint density at radius 2 is 2.14 bits per heavy atom. The average Bonchev–Trinajstić information content (AvgIpc) is 2.36. The number of rotatable bonds is 7. The van der Waals surface area contributed by atoms with Gasteiger partial charge in [-0.15, -0.1) is 0 Å². The lowest BCUT2D eigenvalue weighted by molar-refractivity contribution is -0.272. The molecule has 0 unspecified atom stereocenters. The van der Waals surface area contributed by atoms with Crippen LogP contribution in [0.1, 0.15) is 33.6 Å². The van der Waals surface area contributed by atoms with Crippen molar-refractivity contribution in [3.8, 4) is 0 Å². The Hall–Kier alpha value is -1.18. The molecule has 1 fully saturated rings. The molecule has 0 aromatic carbocycles. The predicted octanol–water partition coefficient (Wildman–Crippen LogP) is 0.487. The van der Waals surface area contributed by atoms with E-state index < -0.39 is 5.60 Å². The number of nitrogens with one attached hydrogen (secondary N) is 1. The fraction of sp³-hybridized carbons (Fsp3) is 0.857. The number of hydrogen-bond donors (Lipinski definition) is 1. The molecule has 7 nitrogen and oxygen atoms in total. The topological polar surface area (TPSA) is 77.1 Å². The number of esters is 1. The van der Waals surface area contributed by atoms with Gasteiger partial charge in [-0.25, -0.2) is 9.78 Å². The highest BCUT2D eigenvalue weighted by atomic mass is 17.2. The van der Waals surface area contributed by atoms with Crippen molar-refractivity contribution in [2.24, 2.45) is 0 Å². The molecule has 0 aromatic heterocycles. The maximum absolute atomic E-state index is 12.3. The Balaban J connectivity index is 2.41. The monoisotopic (exact) mass is 302 g/mol.